The molecule has 4 heteroatoms. The molecular weight excluding hydrogens is 202 g/mol. The van der Waals surface area contributed by atoms with E-state index < -0.39 is 0 Å². The first-order chi connectivity index (χ1) is 7.95. The largest absolute Gasteiger partial charge is 0.461 e. The van der Waals surface area contributed by atoms with Crippen molar-refractivity contribution in [1.29, 1.82) is 0 Å². The van der Waals surface area contributed by atoms with Crippen LogP contribution in [0.25, 0.3) is 11.6 Å². The fourth-order valence-corrected chi connectivity index (χ4v) is 2.25. The molecule has 1 aliphatic heterocycles. The minimum absolute atomic E-state index is 0.819. The summed E-state index contributed by atoms with van der Waals surface area (Å²) in [6, 6.07) is 3.83. The maximum Gasteiger partial charge on any atom is 0.199 e. The summed E-state index contributed by atoms with van der Waals surface area (Å²) >= 11 is 0. The number of aromatic nitrogens is 3. The zero-order valence-corrected chi connectivity index (χ0v) is 9.22. The SMILES string of the molecule is c1coc(-c2nnc3n2CCCCCC3)c1. The average molecular weight is 217 g/mol. The van der Waals surface area contributed by atoms with Crippen LogP contribution in [-0.4, -0.2) is 14.8 Å². The third-order valence-electron chi connectivity index (χ3n) is 3.10. The van der Waals surface area contributed by atoms with Crippen molar-refractivity contribution in [2.24, 2.45) is 0 Å². The lowest BCUT2D eigenvalue weighted by molar-refractivity contribution is 0.510. The Morgan fingerprint density at radius 3 is 2.94 bits per heavy atom. The van der Waals surface area contributed by atoms with Gasteiger partial charge < -0.3 is 8.98 Å². The highest BCUT2D eigenvalue weighted by Crippen LogP contribution is 2.22. The molecule has 0 amide bonds. The summed E-state index contributed by atoms with van der Waals surface area (Å²) in [7, 11) is 0. The molecule has 0 saturated carbocycles. The third kappa shape index (κ3) is 1.64. The summed E-state index contributed by atoms with van der Waals surface area (Å²) in [6.45, 7) is 1.01. The molecule has 1 aliphatic rings. The molecule has 0 saturated heterocycles. The quantitative estimate of drug-likeness (QED) is 0.737. The molecule has 0 bridgehead atoms. The topological polar surface area (TPSA) is 43.9 Å². The van der Waals surface area contributed by atoms with Gasteiger partial charge in [-0.25, -0.2) is 0 Å². The van der Waals surface area contributed by atoms with E-state index in [-0.39, 0.29) is 0 Å². The van der Waals surface area contributed by atoms with Gasteiger partial charge in [-0.1, -0.05) is 12.8 Å². The number of fused-ring (bicyclic) bond motifs is 1. The molecule has 3 heterocycles. The number of nitrogens with zero attached hydrogens (tertiary/aromatic N) is 3. The van der Waals surface area contributed by atoms with Crippen molar-refractivity contribution in [3.63, 3.8) is 0 Å². The second-order valence-corrected chi connectivity index (χ2v) is 4.23. The summed E-state index contributed by atoms with van der Waals surface area (Å²) in [6.07, 6.45) is 7.75. The van der Waals surface area contributed by atoms with E-state index in [1.54, 1.807) is 6.26 Å². The van der Waals surface area contributed by atoms with Crippen LogP contribution >= 0.6 is 0 Å². The highest BCUT2D eigenvalue weighted by molar-refractivity contribution is 5.46. The van der Waals surface area contributed by atoms with E-state index in [0.717, 1.165) is 30.4 Å². The molecule has 0 radical (unpaired) electrons. The summed E-state index contributed by atoms with van der Waals surface area (Å²) in [5.41, 5.74) is 0. The molecule has 16 heavy (non-hydrogen) atoms. The van der Waals surface area contributed by atoms with Gasteiger partial charge in [0.1, 0.15) is 5.82 Å². The monoisotopic (exact) mass is 217 g/mol. The summed E-state index contributed by atoms with van der Waals surface area (Å²) in [5, 5.41) is 8.51. The normalized spacial score (nSPS) is 16.5. The molecule has 0 aromatic carbocycles. The van der Waals surface area contributed by atoms with Gasteiger partial charge in [-0.3, -0.25) is 0 Å². The molecule has 84 valence electrons. The van der Waals surface area contributed by atoms with E-state index >= 15 is 0 Å². The summed E-state index contributed by atoms with van der Waals surface area (Å²) in [5.74, 6) is 2.80. The fraction of sp³-hybridized carbons (Fsp3) is 0.500. The zero-order chi connectivity index (χ0) is 10.8. The lowest BCUT2D eigenvalue weighted by Gasteiger charge is -2.12. The number of furan rings is 1. The summed E-state index contributed by atoms with van der Waals surface area (Å²) in [4.78, 5) is 0. The van der Waals surface area contributed by atoms with Gasteiger partial charge >= 0.3 is 0 Å². The van der Waals surface area contributed by atoms with Crippen molar-refractivity contribution >= 4 is 0 Å². The number of rotatable bonds is 1. The molecule has 0 aliphatic carbocycles. The standard InChI is InChI=1S/C12H15N3O/c1-2-4-8-15-11(7-3-1)13-14-12(15)10-6-5-9-16-10/h5-6,9H,1-4,7-8H2. The molecule has 0 unspecified atom stereocenters. The van der Waals surface area contributed by atoms with Crippen LogP contribution in [-0.2, 0) is 13.0 Å². The van der Waals surface area contributed by atoms with Crippen molar-refractivity contribution in [3.05, 3.63) is 24.2 Å². The van der Waals surface area contributed by atoms with Gasteiger partial charge in [0.05, 0.1) is 6.26 Å². The first-order valence-electron chi connectivity index (χ1n) is 5.91. The molecule has 0 N–H and O–H groups in total. The van der Waals surface area contributed by atoms with Crippen LogP contribution < -0.4 is 0 Å². The maximum absolute atomic E-state index is 5.39. The average Bonchev–Trinajstić information content (AvgIpc) is 2.86. The van der Waals surface area contributed by atoms with E-state index in [0.29, 0.717) is 0 Å². The Balaban J connectivity index is 2.00. The van der Waals surface area contributed by atoms with E-state index in [1.807, 2.05) is 12.1 Å². The fourth-order valence-electron chi connectivity index (χ4n) is 2.25. The van der Waals surface area contributed by atoms with Crippen molar-refractivity contribution in [2.45, 2.75) is 38.6 Å². The van der Waals surface area contributed by atoms with E-state index in [9.17, 15) is 0 Å². The lowest BCUT2D eigenvalue weighted by Crippen LogP contribution is -2.08. The Bertz CT molecular complexity index is 459. The van der Waals surface area contributed by atoms with Gasteiger partial charge in [-0.15, -0.1) is 10.2 Å². The highest BCUT2D eigenvalue weighted by atomic mass is 16.3. The minimum Gasteiger partial charge on any atom is -0.461 e. The highest BCUT2D eigenvalue weighted by Gasteiger charge is 2.16. The smallest absolute Gasteiger partial charge is 0.199 e. The van der Waals surface area contributed by atoms with Gasteiger partial charge in [0.25, 0.3) is 0 Å². The number of aryl methyl sites for hydroxylation is 1. The summed E-state index contributed by atoms with van der Waals surface area (Å²) < 4.78 is 7.60. The Kier molecular flexibility index (Phi) is 2.48. The molecular formula is C12H15N3O. The van der Waals surface area contributed by atoms with Gasteiger partial charge in [0.2, 0.25) is 0 Å². The predicted octanol–water partition coefficient (Wildman–Crippen LogP) is 2.65. The Morgan fingerprint density at radius 2 is 2.06 bits per heavy atom. The lowest BCUT2D eigenvalue weighted by atomic mass is 10.1. The van der Waals surface area contributed by atoms with Crippen molar-refractivity contribution < 1.29 is 4.42 Å². The molecule has 0 atom stereocenters. The van der Waals surface area contributed by atoms with E-state index in [1.165, 1.54) is 25.7 Å². The molecule has 0 spiro atoms. The van der Waals surface area contributed by atoms with Crippen molar-refractivity contribution in [2.75, 3.05) is 0 Å². The first kappa shape index (κ1) is 9.63. The van der Waals surface area contributed by atoms with Crippen LogP contribution in [0.5, 0.6) is 0 Å². The predicted molar refractivity (Wildman–Crippen MR) is 59.9 cm³/mol. The number of hydrogen-bond donors (Lipinski definition) is 0. The van der Waals surface area contributed by atoms with Crippen LogP contribution in [0, 0.1) is 0 Å². The Hall–Kier alpha value is -1.58. The van der Waals surface area contributed by atoms with Crippen LogP contribution in [0.4, 0.5) is 0 Å². The van der Waals surface area contributed by atoms with Crippen molar-refractivity contribution in [1.82, 2.24) is 14.8 Å². The molecule has 0 fully saturated rings. The second kappa shape index (κ2) is 4.12. The zero-order valence-electron chi connectivity index (χ0n) is 9.22. The van der Waals surface area contributed by atoms with Crippen LogP contribution in [0.1, 0.15) is 31.5 Å². The minimum atomic E-state index is 0.819. The Labute approximate surface area is 94.3 Å². The molecule has 4 nitrogen and oxygen atoms in total. The van der Waals surface area contributed by atoms with Gasteiger partial charge in [-0.05, 0) is 25.0 Å². The van der Waals surface area contributed by atoms with Crippen LogP contribution in [0.3, 0.4) is 0 Å². The van der Waals surface area contributed by atoms with Crippen molar-refractivity contribution in [3.8, 4) is 11.6 Å². The molecule has 2 aromatic heterocycles. The van der Waals surface area contributed by atoms with E-state index in [2.05, 4.69) is 14.8 Å². The molecule has 2 aromatic rings. The van der Waals surface area contributed by atoms with Gasteiger partial charge in [-0.2, -0.15) is 0 Å². The van der Waals surface area contributed by atoms with Gasteiger partial charge in [0.15, 0.2) is 11.6 Å². The second-order valence-electron chi connectivity index (χ2n) is 4.23. The first-order valence-corrected chi connectivity index (χ1v) is 5.91. The van der Waals surface area contributed by atoms with Crippen LogP contribution in [0.15, 0.2) is 22.8 Å². The third-order valence-corrected chi connectivity index (χ3v) is 3.10. The number of hydrogen-bond acceptors (Lipinski definition) is 3. The van der Waals surface area contributed by atoms with Crippen LogP contribution in [0.2, 0.25) is 0 Å². The molecule has 3 rings (SSSR count). The van der Waals surface area contributed by atoms with E-state index in [4.69, 9.17) is 4.42 Å². The Morgan fingerprint density at radius 1 is 1.12 bits per heavy atom. The van der Waals surface area contributed by atoms with Gasteiger partial charge in [0, 0.05) is 13.0 Å². The maximum atomic E-state index is 5.39.